The Kier molecular flexibility index (Phi) is 7.16. The highest BCUT2D eigenvalue weighted by atomic mass is 16.3. The topological polar surface area (TPSA) is 40.5 Å². The first-order valence-electron chi connectivity index (χ1n) is 12.1. The van der Waals surface area contributed by atoms with Gasteiger partial charge >= 0.3 is 0 Å². The summed E-state index contributed by atoms with van der Waals surface area (Å²) in [4.78, 5) is 0. The molecule has 0 heterocycles. The van der Waals surface area contributed by atoms with Crippen molar-refractivity contribution in [2.24, 2.45) is 23.2 Å². The molecule has 29 heavy (non-hydrogen) atoms. The van der Waals surface area contributed by atoms with Gasteiger partial charge < -0.3 is 10.2 Å². The third kappa shape index (κ3) is 5.07. The second-order valence-electron chi connectivity index (χ2n) is 11.1. The van der Waals surface area contributed by atoms with E-state index in [1.54, 1.807) is 5.57 Å². The molecule has 0 radical (unpaired) electrons. The molecule has 2 heteroatoms. The highest BCUT2D eigenvalue weighted by Gasteiger charge is 2.45. The summed E-state index contributed by atoms with van der Waals surface area (Å²) in [6, 6.07) is 0. The molecule has 0 spiro atoms. The summed E-state index contributed by atoms with van der Waals surface area (Å²) >= 11 is 0. The fourth-order valence-electron chi connectivity index (χ4n) is 6.25. The minimum atomic E-state index is -0.772. The first-order chi connectivity index (χ1) is 13.6. The number of aliphatic hydroxyl groups is 2. The molecule has 0 aliphatic heterocycles. The van der Waals surface area contributed by atoms with E-state index in [1.165, 1.54) is 44.1 Å². The lowest BCUT2D eigenvalue weighted by molar-refractivity contribution is 0.0282. The van der Waals surface area contributed by atoms with Crippen molar-refractivity contribution < 1.29 is 10.2 Å². The maximum absolute atomic E-state index is 10.7. The summed E-state index contributed by atoms with van der Waals surface area (Å²) in [7, 11) is 0. The normalized spacial score (nSPS) is 39.1. The zero-order valence-electron chi connectivity index (χ0n) is 19.5. The number of hydrogen-bond donors (Lipinski definition) is 2. The van der Waals surface area contributed by atoms with Crippen molar-refractivity contribution in [3.05, 3.63) is 34.9 Å². The molecule has 0 unspecified atom stereocenters. The smallest absolute Gasteiger partial charge is 0.0833 e. The van der Waals surface area contributed by atoms with E-state index >= 15 is 0 Å². The van der Waals surface area contributed by atoms with Crippen LogP contribution in [-0.2, 0) is 0 Å². The molecule has 2 saturated carbocycles. The van der Waals surface area contributed by atoms with Gasteiger partial charge in [-0.15, -0.1) is 0 Å². The van der Waals surface area contributed by atoms with Gasteiger partial charge in [0.05, 0.1) is 11.7 Å². The van der Waals surface area contributed by atoms with Crippen LogP contribution in [0.2, 0.25) is 0 Å². The zero-order valence-corrected chi connectivity index (χ0v) is 19.5. The van der Waals surface area contributed by atoms with Crippen molar-refractivity contribution in [2.75, 3.05) is 0 Å². The predicted molar refractivity (Wildman–Crippen MR) is 123 cm³/mol. The fourth-order valence-corrected chi connectivity index (χ4v) is 6.25. The number of aliphatic hydroxyl groups excluding tert-OH is 1. The Labute approximate surface area is 179 Å². The maximum atomic E-state index is 10.7. The summed E-state index contributed by atoms with van der Waals surface area (Å²) in [5.41, 5.74) is 3.59. The van der Waals surface area contributed by atoms with E-state index in [-0.39, 0.29) is 6.10 Å². The van der Waals surface area contributed by atoms with Crippen molar-refractivity contribution >= 4 is 0 Å². The second kappa shape index (κ2) is 9.10. The van der Waals surface area contributed by atoms with Gasteiger partial charge in [0.2, 0.25) is 0 Å². The van der Waals surface area contributed by atoms with Crippen LogP contribution in [0.3, 0.4) is 0 Å². The minimum Gasteiger partial charge on any atom is -0.393 e. The van der Waals surface area contributed by atoms with Crippen molar-refractivity contribution in [3.63, 3.8) is 0 Å². The van der Waals surface area contributed by atoms with Crippen molar-refractivity contribution in [3.8, 4) is 0 Å². The average molecular weight is 401 g/mol. The van der Waals surface area contributed by atoms with Gasteiger partial charge in [0.1, 0.15) is 0 Å². The molecule has 164 valence electrons. The average Bonchev–Trinajstić information content (AvgIpc) is 3.00. The fraction of sp³-hybridized carbons (Fsp3) is 0.778. The number of hydrogen-bond acceptors (Lipinski definition) is 2. The Hall–Kier alpha value is -0.860. The molecule has 0 amide bonds. The van der Waals surface area contributed by atoms with Crippen LogP contribution < -0.4 is 0 Å². The standard InChI is InChI=1S/C27H44O2/c1-19(2)8-6-9-20(3)24-13-14-25-21(10-7-16-26(24,25)4)11-12-22-18-23(28)15-17-27(22,5)29/h11-12,14,19-20,23-24,28-29H,6-10,13,15-18H2,1-5H3/b21-11-,22-12-/t20-,23+,24-,26-,27-/m1/s1. The van der Waals surface area contributed by atoms with E-state index in [2.05, 4.69) is 45.9 Å². The molecular weight excluding hydrogens is 356 g/mol. The highest BCUT2D eigenvalue weighted by molar-refractivity contribution is 5.45. The van der Waals surface area contributed by atoms with Crippen molar-refractivity contribution in [1.29, 1.82) is 0 Å². The van der Waals surface area contributed by atoms with Crippen LogP contribution in [0.1, 0.15) is 98.8 Å². The molecule has 3 rings (SSSR count). The number of allylic oxidation sites excluding steroid dienone is 5. The van der Waals surface area contributed by atoms with Gasteiger partial charge in [-0.2, -0.15) is 0 Å². The van der Waals surface area contributed by atoms with Gasteiger partial charge in [-0.3, -0.25) is 0 Å². The van der Waals surface area contributed by atoms with E-state index in [4.69, 9.17) is 0 Å². The molecule has 2 fully saturated rings. The van der Waals surface area contributed by atoms with E-state index < -0.39 is 5.60 Å². The summed E-state index contributed by atoms with van der Waals surface area (Å²) in [5, 5.41) is 20.8. The Morgan fingerprint density at radius 1 is 1.14 bits per heavy atom. The Morgan fingerprint density at radius 2 is 1.90 bits per heavy atom. The van der Waals surface area contributed by atoms with Gasteiger partial charge in [0.15, 0.2) is 0 Å². The van der Waals surface area contributed by atoms with Crippen LogP contribution in [0.15, 0.2) is 34.9 Å². The summed E-state index contributed by atoms with van der Waals surface area (Å²) in [5.74, 6) is 2.35. The first-order valence-corrected chi connectivity index (χ1v) is 12.1. The van der Waals surface area contributed by atoms with Crippen LogP contribution in [-0.4, -0.2) is 21.9 Å². The molecule has 0 aromatic heterocycles. The van der Waals surface area contributed by atoms with Gasteiger partial charge in [0, 0.05) is 0 Å². The van der Waals surface area contributed by atoms with Crippen LogP contribution in [0.25, 0.3) is 0 Å². The largest absolute Gasteiger partial charge is 0.393 e. The molecule has 3 aliphatic rings. The third-order valence-electron chi connectivity index (χ3n) is 8.22. The van der Waals surface area contributed by atoms with Crippen LogP contribution >= 0.6 is 0 Å². The monoisotopic (exact) mass is 400 g/mol. The minimum absolute atomic E-state index is 0.307. The molecule has 2 nitrogen and oxygen atoms in total. The molecular formula is C27H44O2. The van der Waals surface area contributed by atoms with Gasteiger partial charge in [-0.05, 0) is 91.8 Å². The van der Waals surface area contributed by atoms with Crippen molar-refractivity contribution in [2.45, 2.75) is 111 Å². The second-order valence-corrected chi connectivity index (χ2v) is 11.1. The van der Waals surface area contributed by atoms with Crippen molar-refractivity contribution in [1.82, 2.24) is 0 Å². The van der Waals surface area contributed by atoms with E-state index in [1.807, 2.05) is 6.92 Å². The van der Waals surface area contributed by atoms with Gasteiger partial charge in [0.25, 0.3) is 0 Å². The predicted octanol–water partition coefficient (Wildman–Crippen LogP) is 6.73. The number of fused-ring (bicyclic) bond motifs is 1. The lowest BCUT2D eigenvalue weighted by Crippen LogP contribution is -2.35. The molecule has 0 saturated heterocycles. The number of rotatable bonds is 6. The van der Waals surface area contributed by atoms with E-state index in [0.717, 1.165) is 29.7 Å². The lowest BCUT2D eigenvalue weighted by atomic mass is 9.62. The van der Waals surface area contributed by atoms with E-state index in [0.29, 0.717) is 24.7 Å². The van der Waals surface area contributed by atoms with Gasteiger partial charge in [-0.1, -0.05) is 65.2 Å². The summed E-state index contributed by atoms with van der Waals surface area (Å²) in [6.07, 6.45) is 17.6. The maximum Gasteiger partial charge on any atom is 0.0833 e. The molecule has 2 N–H and O–H groups in total. The molecule has 0 aromatic rings. The SMILES string of the molecule is CC(C)CCC[C@@H](C)[C@H]1CC=C2/C(=C\C=C3\C[C@@H](O)CC[C@@]3(C)O)CCC[C@@]21C. The Bertz CT molecular complexity index is 666. The Morgan fingerprint density at radius 3 is 2.62 bits per heavy atom. The summed E-state index contributed by atoms with van der Waals surface area (Å²) in [6.45, 7) is 11.6. The molecule has 0 bridgehead atoms. The molecule has 0 aromatic carbocycles. The van der Waals surface area contributed by atoms with Gasteiger partial charge in [-0.25, -0.2) is 0 Å². The highest BCUT2D eigenvalue weighted by Crippen LogP contribution is 2.57. The van der Waals surface area contributed by atoms with Crippen LogP contribution in [0, 0.1) is 23.2 Å². The molecule has 5 atom stereocenters. The third-order valence-corrected chi connectivity index (χ3v) is 8.22. The molecule has 3 aliphatic carbocycles. The van der Waals surface area contributed by atoms with Crippen LogP contribution in [0.5, 0.6) is 0 Å². The lowest BCUT2D eigenvalue weighted by Gasteiger charge is -2.42. The quantitative estimate of drug-likeness (QED) is 0.518. The Balaban J connectivity index is 1.74. The summed E-state index contributed by atoms with van der Waals surface area (Å²) < 4.78 is 0. The first kappa shape index (κ1) is 22.8. The zero-order chi connectivity index (χ0) is 21.2. The van der Waals surface area contributed by atoms with Crippen LogP contribution in [0.4, 0.5) is 0 Å². The van der Waals surface area contributed by atoms with E-state index in [9.17, 15) is 10.2 Å².